The number of nitrogens with zero attached hydrogens (tertiary/aromatic N) is 3. The molecule has 1 amide bonds. The quantitative estimate of drug-likeness (QED) is 0.351. The second kappa shape index (κ2) is 10.3. The third kappa shape index (κ3) is 6.47. The van der Waals surface area contributed by atoms with E-state index >= 15 is 0 Å². The normalized spacial score (nSPS) is 26.8. The van der Waals surface area contributed by atoms with Crippen molar-refractivity contribution in [3.63, 3.8) is 0 Å². The van der Waals surface area contributed by atoms with Gasteiger partial charge in [-0.1, -0.05) is 19.3 Å². The number of likely N-dealkylation sites (N-methyl/N-ethyl adjacent to an activating group) is 1. The lowest BCUT2D eigenvalue weighted by Crippen LogP contribution is -2.56. The Labute approximate surface area is 180 Å². The summed E-state index contributed by atoms with van der Waals surface area (Å²) in [5, 5.41) is 3.58. The fourth-order valence-corrected chi connectivity index (χ4v) is 5.97. The molecule has 27 heavy (non-hydrogen) atoms. The molecular formula is C18H33IN4O3S. The highest BCUT2D eigenvalue weighted by molar-refractivity contribution is 14.0. The first-order valence-corrected chi connectivity index (χ1v) is 11.8. The van der Waals surface area contributed by atoms with Gasteiger partial charge in [-0.25, -0.2) is 8.42 Å². The molecule has 3 fully saturated rings. The van der Waals surface area contributed by atoms with Gasteiger partial charge in [-0.3, -0.25) is 9.79 Å². The van der Waals surface area contributed by atoms with E-state index in [2.05, 4.69) is 5.32 Å². The molecule has 1 N–H and O–H groups in total. The van der Waals surface area contributed by atoms with Crippen LogP contribution in [-0.2, 0) is 14.6 Å². The van der Waals surface area contributed by atoms with Crippen molar-refractivity contribution >= 4 is 45.7 Å². The molecule has 9 heteroatoms. The first kappa shape index (κ1) is 22.7. The molecule has 0 spiro atoms. The minimum Gasteiger partial charge on any atom is -0.353 e. The highest BCUT2D eigenvalue weighted by Crippen LogP contribution is 2.20. The fourth-order valence-electron chi connectivity index (χ4n) is 4.12. The lowest BCUT2D eigenvalue weighted by atomic mass is 9.96. The second-order valence-electron chi connectivity index (χ2n) is 7.81. The number of carbonyl (C=O) groups is 1. The number of guanidine groups is 1. The topological polar surface area (TPSA) is 82.1 Å². The zero-order valence-corrected chi connectivity index (χ0v) is 19.4. The van der Waals surface area contributed by atoms with Crippen LogP contribution in [0.3, 0.4) is 0 Å². The molecular weight excluding hydrogens is 479 g/mol. The Hall–Kier alpha value is -0.580. The summed E-state index contributed by atoms with van der Waals surface area (Å²) in [4.78, 5) is 21.0. The summed E-state index contributed by atoms with van der Waals surface area (Å²) in [6.45, 7) is 5.13. The Bertz CT molecular complexity index is 635. The van der Waals surface area contributed by atoms with Crippen LogP contribution in [0.1, 0.15) is 45.4 Å². The van der Waals surface area contributed by atoms with Crippen LogP contribution >= 0.6 is 24.0 Å². The molecule has 0 aromatic rings. The van der Waals surface area contributed by atoms with Gasteiger partial charge in [-0.2, -0.15) is 0 Å². The van der Waals surface area contributed by atoms with Crippen LogP contribution in [0, 0.1) is 5.92 Å². The Morgan fingerprint density at radius 1 is 1.19 bits per heavy atom. The third-order valence-electron chi connectivity index (χ3n) is 5.76. The molecule has 1 aliphatic carbocycles. The Morgan fingerprint density at radius 2 is 1.93 bits per heavy atom. The summed E-state index contributed by atoms with van der Waals surface area (Å²) >= 11 is 0. The van der Waals surface area contributed by atoms with Crippen LogP contribution in [0.15, 0.2) is 4.99 Å². The van der Waals surface area contributed by atoms with Crippen LogP contribution in [0.5, 0.6) is 0 Å². The zero-order valence-electron chi connectivity index (χ0n) is 16.2. The van der Waals surface area contributed by atoms with E-state index in [9.17, 15) is 13.2 Å². The van der Waals surface area contributed by atoms with Crippen molar-refractivity contribution in [3.8, 4) is 0 Å². The van der Waals surface area contributed by atoms with E-state index in [1.165, 1.54) is 19.3 Å². The predicted molar refractivity (Wildman–Crippen MR) is 118 cm³/mol. The van der Waals surface area contributed by atoms with Crippen molar-refractivity contribution in [2.45, 2.75) is 51.5 Å². The van der Waals surface area contributed by atoms with E-state index in [0.29, 0.717) is 25.6 Å². The van der Waals surface area contributed by atoms with Crippen LogP contribution in [0.25, 0.3) is 0 Å². The molecule has 7 nitrogen and oxygen atoms in total. The molecule has 3 rings (SSSR count). The maximum Gasteiger partial charge on any atom is 0.242 e. The van der Waals surface area contributed by atoms with Crippen molar-refractivity contribution in [2.75, 3.05) is 44.2 Å². The Kier molecular flexibility index (Phi) is 8.64. The lowest BCUT2D eigenvalue weighted by molar-refractivity contribution is -0.134. The van der Waals surface area contributed by atoms with Crippen LogP contribution in [-0.4, -0.2) is 80.4 Å². The number of sulfone groups is 1. The van der Waals surface area contributed by atoms with E-state index in [0.717, 1.165) is 38.4 Å². The second-order valence-corrected chi connectivity index (χ2v) is 10.0. The maximum atomic E-state index is 12.3. The van der Waals surface area contributed by atoms with Gasteiger partial charge in [0, 0.05) is 32.2 Å². The molecule has 2 heterocycles. The highest BCUT2D eigenvalue weighted by atomic mass is 127. The van der Waals surface area contributed by atoms with Crippen molar-refractivity contribution in [2.24, 2.45) is 10.9 Å². The first-order valence-electron chi connectivity index (χ1n) is 10.0. The number of amides is 1. The van der Waals surface area contributed by atoms with E-state index < -0.39 is 9.84 Å². The smallest absolute Gasteiger partial charge is 0.242 e. The van der Waals surface area contributed by atoms with Gasteiger partial charge in [0.1, 0.15) is 0 Å². The molecule has 2 aliphatic heterocycles. The summed E-state index contributed by atoms with van der Waals surface area (Å²) in [7, 11) is -2.88. The molecule has 0 aromatic heterocycles. The molecule has 1 atom stereocenters. The van der Waals surface area contributed by atoms with Crippen molar-refractivity contribution in [3.05, 3.63) is 0 Å². The van der Waals surface area contributed by atoms with E-state index in [-0.39, 0.29) is 47.3 Å². The van der Waals surface area contributed by atoms with Gasteiger partial charge in [0.25, 0.3) is 0 Å². The van der Waals surface area contributed by atoms with Gasteiger partial charge >= 0.3 is 0 Å². The lowest BCUT2D eigenvalue weighted by Gasteiger charge is -2.37. The van der Waals surface area contributed by atoms with Gasteiger partial charge in [-0.15, -0.1) is 24.0 Å². The van der Waals surface area contributed by atoms with Crippen LogP contribution in [0.2, 0.25) is 0 Å². The Morgan fingerprint density at radius 3 is 2.52 bits per heavy atom. The molecule has 0 aromatic carbocycles. The van der Waals surface area contributed by atoms with Crippen molar-refractivity contribution in [1.29, 1.82) is 0 Å². The van der Waals surface area contributed by atoms with E-state index in [4.69, 9.17) is 4.99 Å². The third-order valence-corrected chi connectivity index (χ3v) is 7.60. The minimum atomic E-state index is -2.88. The van der Waals surface area contributed by atoms with Crippen LogP contribution < -0.4 is 5.32 Å². The summed E-state index contributed by atoms with van der Waals surface area (Å²) in [5.41, 5.74) is 0. The molecule has 1 saturated carbocycles. The molecule has 3 aliphatic rings. The van der Waals surface area contributed by atoms with Crippen molar-refractivity contribution < 1.29 is 13.2 Å². The van der Waals surface area contributed by atoms with Crippen LogP contribution in [0.4, 0.5) is 0 Å². The minimum absolute atomic E-state index is 0. The number of nitrogens with one attached hydrogen (secondary N) is 1. The van der Waals surface area contributed by atoms with Gasteiger partial charge in [-0.05, 0) is 32.1 Å². The van der Waals surface area contributed by atoms with Crippen molar-refractivity contribution in [1.82, 2.24) is 15.1 Å². The molecule has 0 bridgehead atoms. The van der Waals surface area contributed by atoms with Gasteiger partial charge in [0.2, 0.25) is 5.91 Å². The average molecular weight is 512 g/mol. The zero-order chi connectivity index (χ0) is 18.6. The number of hydrogen-bond acceptors (Lipinski definition) is 4. The molecule has 1 unspecified atom stereocenters. The number of aliphatic imine (C=N–C) groups is 1. The number of piperazine rings is 1. The summed E-state index contributed by atoms with van der Waals surface area (Å²) in [6, 6.07) is 0.411. The SMILES string of the molecule is CCN1CCN(C(=NCC2CCS(=O)(=O)C2)NC2CCCCC2)CC1=O.I. The number of halogens is 1. The number of rotatable bonds is 4. The summed E-state index contributed by atoms with van der Waals surface area (Å²) in [6.07, 6.45) is 6.73. The molecule has 0 radical (unpaired) electrons. The molecule has 2 saturated heterocycles. The molecule has 156 valence electrons. The summed E-state index contributed by atoms with van der Waals surface area (Å²) in [5.74, 6) is 1.57. The maximum absolute atomic E-state index is 12.3. The number of carbonyl (C=O) groups excluding carboxylic acids is 1. The fraction of sp³-hybridized carbons (Fsp3) is 0.889. The average Bonchev–Trinajstić information content (AvgIpc) is 2.98. The number of hydrogen-bond donors (Lipinski definition) is 1. The standard InChI is InChI=1S/C18H32N4O3S.HI/c1-2-21-9-10-22(13-17(21)23)18(20-16-6-4-3-5-7-16)19-12-15-8-11-26(24,25)14-15;/h15-16H,2-14H2,1H3,(H,19,20);1H. The van der Waals surface area contributed by atoms with Gasteiger partial charge in [0.05, 0.1) is 18.1 Å². The summed E-state index contributed by atoms with van der Waals surface area (Å²) < 4.78 is 23.4. The highest BCUT2D eigenvalue weighted by Gasteiger charge is 2.29. The largest absolute Gasteiger partial charge is 0.353 e. The van der Waals surface area contributed by atoms with E-state index in [1.807, 2.05) is 16.7 Å². The van der Waals surface area contributed by atoms with Gasteiger partial charge < -0.3 is 15.1 Å². The Balaban J connectivity index is 0.00000261. The first-order chi connectivity index (χ1) is 12.5. The predicted octanol–water partition coefficient (Wildman–Crippen LogP) is 1.48. The van der Waals surface area contributed by atoms with E-state index in [1.54, 1.807) is 0 Å². The monoisotopic (exact) mass is 512 g/mol. The van der Waals surface area contributed by atoms with Gasteiger partial charge in [0.15, 0.2) is 15.8 Å².